The van der Waals surface area contributed by atoms with Crippen molar-refractivity contribution >= 4 is 46.4 Å². The fraction of sp³-hybridized carbons (Fsp3) is 0.320. The molecule has 2 aliphatic heterocycles. The van der Waals surface area contributed by atoms with Gasteiger partial charge < -0.3 is 19.7 Å². The summed E-state index contributed by atoms with van der Waals surface area (Å²) in [5.41, 5.74) is 1.14. The molecule has 0 radical (unpaired) electrons. The van der Waals surface area contributed by atoms with Crippen LogP contribution in [-0.2, 0) is 14.3 Å². The number of amidine groups is 1. The third-order valence-electron chi connectivity index (χ3n) is 5.62. The first-order valence-corrected chi connectivity index (χ1v) is 12.2. The molecule has 10 heteroatoms. The maximum absolute atomic E-state index is 12.5. The van der Waals surface area contributed by atoms with E-state index in [-0.39, 0.29) is 24.0 Å². The average Bonchev–Trinajstić information content (AvgIpc) is 3.24. The molecule has 1 atom stereocenters. The van der Waals surface area contributed by atoms with E-state index in [0.717, 1.165) is 31.1 Å². The summed E-state index contributed by atoms with van der Waals surface area (Å²) in [6, 6.07) is 12.3. The third kappa shape index (κ3) is 6.27. The Morgan fingerprint density at radius 1 is 0.971 bits per heavy atom. The maximum atomic E-state index is 12.5. The Morgan fingerprint density at radius 3 is 2.26 bits per heavy atom. The summed E-state index contributed by atoms with van der Waals surface area (Å²) in [6.07, 6.45) is 3.39. The zero-order valence-electron chi connectivity index (χ0n) is 19.2. The summed E-state index contributed by atoms with van der Waals surface area (Å²) in [4.78, 5) is 54.9. The second kappa shape index (κ2) is 11.2. The van der Waals surface area contributed by atoms with Crippen LogP contribution in [0.5, 0.6) is 5.75 Å². The Bertz CT molecular complexity index is 1140. The molecule has 2 amide bonds. The van der Waals surface area contributed by atoms with Crippen LogP contribution in [0.1, 0.15) is 46.4 Å². The standard InChI is InChI=1S/C25H25N3O6S/c1-33-23(31)16-7-11-19(12-8-16)34-24(32)17-5-9-18(10-6-17)26-21(29)15-20-22(30)27-25(35-20)28-13-3-2-4-14-28/h5-12,20H,2-4,13-15H2,1H3,(H,26,29)/t20-/m1/s1. The van der Waals surface area contributed by atoms with Gasteiger partial charge in [-0.3, -0.25) is 9.59 Å². The second-order valence-corrected chi connectivity index (χ2v) is 9.29. The molecule has 0 unspecified atom stereocenters. The number of amides is 2. The Labute approximate surface area is 206 Å². The van der Waals surface area contributed by atoms with Crippen LogP contribution >= 0.6 is 11.8 Å². The number of ether oxygens (including phenoxy) is 2. The van der Waals surface area contributed by atoms with Crippen molar-refractivity contribution in [3.8, 4) is 5.75 Å². The highest BCUT2D eigenvalue weighted by Gasteiger charge is 2.33. The van der Waals surface area contributed by atoms with E-state index < -0.39 is 17.2 Å². The molecule has 2 heterocycles. The van der Waals surface area contributed by atoms with Crippen molar-refractivity contribution in [3.05, 3.63) is 59.7 Å². The summed E-state index contributed by atoms with van der Waals surface area (Å²) in [7, 11) is 1.29. The van der Waals surface area contributed by atoms with E-state index in [1.165, 1.54) is 61.7 Å². The van der Waals surface area contributed by atoms with E-state index in [1.807, 2.05) is 0 Å². The molecular formula is C25H25N3O6S. The predicted octanol–water partition coefficient (Wildman–Crippen LogP) is 3.50. The van der Waals surface area contributed by atoms with E-state index in [9.17, 15) is 19.2 Å². The normalized spacial score (nSPS) is 17.5. The van der Waals surface area contributed by atoms with Crippen molar-refractivity contribution in [2.75, 3.05) is 25.5 Å². The maximum Gasteiger partial charge on any atom is 0.343 e. The highest BCUT2D eigenvalue weighted by Crippen LogP contribution is 2.29. The van der Waals surface area contributed by atoms with Crippen LogP contribution in [0.3, 0.4) is 0 Å². The number of aliphatic imine (C=N–C) groups is 1. The molecule has 1 saturated heterocycles. The van der Waals surface area contributed by atoms with Gasteiger partial charge in [-0.2, -0.15) is 4.99 Å². The van der Waals surface area contributed by atoms with Gasteiger partial charge in [0, 0.05) is 25.2 Å². The molecule has 0 aliphatic carbocycles. The van der Waals surface area contributed by atoms with Gasteiger partial charge >= 0.3 is 11.9 Å². The first-order valence-electron chi connectivity index (χ1n) is 11.3. The van der Waals surface area contributed by atoms with Crippen molar-refractivity contribution in [1.29, 1.82) is 0 Å². The van der Waals surface area contributed by atoms with Crippen LogP contribution in [0, 0.1) is 0 Å². The molecular weight excluding hydrogens is 470 g/mol. The SMILES string of the molecule is COC(=O)c1ccc(OC(=O)c2ccc(NC(=O)C[C@H]3SC(N4CCCCC4)=NC3=O)cc2)cc1. The predicted molar refractivity (Wildman–Crippen MR) is 132 cm³/mol. The molecule has 182 valence electrons. The van der Waals surface area contributed by atoms with Gasteiger partial charge in [-0.05, 0) is 67.8 Å². The molecule has 0 spiro atoms. The minimum absolute atomic E-state index is 0.0235. The van der Waals surface area contributed by atoms with Crippen LogP contribution in [-0.4, -0.2) is 59.3 Å². The van der Waals surface area contributed by atoms with Gasteiger partial charge in [0.1, 0.15) is 11.0 Å². The number of esters is 2. The molecule has 0 saturated carbocycles. The summed E-state index contributed by atoms with van der Waals surface area (Å²) >= 11 is 1.35. The van der Waals surface area contributed by atoms with Crippen LogP contribution in [0.25, 0.3) is 0 Å². The Kier molecular flexibility index (Phi) is 7.81. The number of methoxy groups -OCH3 is 1. The van der Waals surface area contributed by atoms with Crippen molar-refractivity contribution in [1.82, 2.24) is 4.90 Å². The first kappa shape index (κ1) is 24.5. The lowest BCUT2D eigenvalue weighted by Crippen LogP contribution is -2.33. The molecule has 1 fully saturated rings. The summed E-state index contributed by atoms with van der Waals surface area (Å²) in [5.74, 6) is -1.35. The lowest BCUT2D eigenvalue weighted by Gasteiger charge is -2.27. The average molecular weight is 496 g/mol. The number of nitrogens with zero attached hydrogens (tertiary/aromatic N) is 2. The first-order chi connectivity index (χ1) is 16.9. The fourth-order valence-corrected chi connectivity index (χ4v) is 4.86. The number of anilines is 1. The third-order valence-corrected chi connectivity index (χ3v) is 6.83. The van der Waals surface area contributed by atoms with E-state index in [2.05, 4.69) is 19.9 Å². The summed E-state index contributed by atoms with van der Waals surface area (Å²) in [6.45, 7) is 1.79. The van der Waals surface area contributed by atoms with Gasteiger partial charge in [0.2, 0.25) is 5.91 Å². The minimum Gasteiger partial charge on any atom is -0.465 e. The summed E-state index contributed by atoms with van der Waals surface area (Å²) < 4.78 is 9.95. The molecule has 1 N–H and O–H groups in total. The molecule has 2 aromatic rings. The van der Waals surface area contributed by atoms with Crippen molar-refractivity contribution < 1.29 is 28.7 Å². The van der Waals surface area contributed by atoms with E-state index in [0.29, 0.717) is 16.8 Å². The number of hydrogen-bond acceptors (Lipinski definition) is 8. The van der Waals surface area contributed by atoms with Gasteiger partial charge in [0.05, 0.1) is 18.2 Å². The number of piperidine rings is 1. The van der Waals surface area contributed by atoms with Gasteiger partial charge in [-0.25, -0.2) is 9.59 Å². The van der Waals surface area contributed by atoms with Gasteiger partial charge in [-0.1, -0.05) is 11.8 Å². The Hall–Kier alpha value is -3.66. The molecule has 0 bridgehead atoms. The van der Waals surface area contributed by atoms with Crippen LogP contribution in [0.2, 0.25) is 0 Å². The molecule has 2 aromatic carbocycles. The quantitative estimate of drug-likeness (QED) is 0.478. The van der Waals surface area contributed by atoms with Crippen molar-refractivity contribution in [2.45, 2.75) is 30.9 Å². The number of carbonyl (C=O) groups is 4. The molecule has 9 nitrogen and oxygen atoms in total. The molecule has 4 rings (SSSR count). The molecule has 2 aliphatic rings. The molecule has 35 heavy (non-hydrogen) atoms. The number of benzene rings is 2. The van der Waals surface area contributed by atoms with E-state index >= 15 is 0 Å². The number of carbonyl (C=O) groups excluding carboxylic acids is 4. The second-order valence-electron chi connectivity index (χ2n) is 8.12. The number of rotatable bonds is 6. The number of thioether (sulfide) groups is 1. The van der Waals surface area contributed by atoms with E-state index in [4.69, 9.17) is 4.74 Å². The van der Waals surface area contributed by atoms with Gasteiger partial charge in [0.15, 0.2) is 5.17 Å². The number of hydrogen-bond donors (Lipinski definition) is 1. The molecule has 0 aromatic heterocycles. The van der Waals surface area contributed by atoms with Crippen molar-refractivity contribution in [3.63, 3.8) is 0 Å². The lowest BCUT2D eigenvalue weighted by atomic mass is 10.1. The van der Waals surface area contributed by atoms with E-state index in [1.54, 1.807) is 12.1 Å². The highest BCUT2D eigenvalue weighted by atomic mass is 32.2. The summed E-state index contributed by atoms with van der Waals surface area (Å²) in [5, 5.41) is 2.95. The minimum atomic E-state index is -0.580. The largest absolute Gasteiger partial charge is 0.465 e. The Morgan fingerprint density at radius 2 is 1.60 bits per heavy atom. The Balaban J connectivity index is 1.27. The van der Waals surface area contributed by atoms with Crippen LogP contribution in [0.4, 0.5) is 5.69 Å². The zero-order chi connectivity index (χ0) is 24.8. The van der Waals surface area contributed by atoms with Crippen LogP contribution < -0.4 is 10.1 Å². The van der Waals surface area contributed by atoms with Crippen LogP contribution in [0.15, 0.2) is 53.5 Å². The number of likely N-dealkylation sites (tertiary alicyclic amines) is 1. The van der Waals surface area contributed by atoms with Gasteiger partial charge in [0.25, 0.3) is 5.91 Å². The highest BCUT2D eigenvalue weighted by molar-refractivity contribution is 8.15. The van der Waals surface area contributed by atoms with Gasteiger partial charge in [-0.15, -0.1) is 0 Å². The lowest BCUT2D eigenvalue weighted by molar-refractivity contribution is -0.121. The topological polar surface area (TPSA) is 114 Å². The number of nitrogens with one attached hydrogen (secondary N) is 1. The van der Waals surface area contributed by atoms with Crippen molar-refractivity contribution in [2.24, 2.45) is 4.99 Å². The fourth-order valence-electron chi connectivity index (χ4n) is 3.74. The zero-order valence-corrected chi connectivity index (χ0v) is 20.0. The monoisotopic (exact) mass is 495 g/mol. The smallest absolute Gasteiger partial charge is 0.343 e.